The van der Waals surface area contributed by atoms with Crippen molar-refractivity contribution in [1.29, 1.82) is 0 Å². The second-order valence-corrected chi connectivity index (χ2v) is 8.33. The highest BCUT2D eigenvalue weighted by atomic mass is 32.2. The van der Waals surface area contributed by atoms with Crippen LogP contribution in [0.4, 0.5) is 16.0 Å². The van der Waals surface area contributed by atoms with Gasteiger partial charge in [0.15, 0.2) is 5.95 Å². The first-order chi connectivity index (χ1) is 16.0. The van der Waals surface area contributed by atoms with Gasteiger partial charge in [0.05, 0.1) is 18.3 Å². The van der Waals surface area contributed by atoms with Crippen molar-refractivity contribution in [3.63, 3.8) is 0 Å². The van der Waals surface area contributed by atoms with Gasteiger partial charge in [0.1, 0.15) is 5.82 Å². The standard InChI is InChI=1S/C25H24FN5OS/c26-21-9-3-19(4-10-21)16-33-31-22-11-5-17(6-12-22)13-24(32)28-14-18-1-7-20(8-2-18)23-15-29-25(27)30-23/h1-12,15,31H,13-14,16H2,(H,28,32)(H3,27,29,30). The monoisotopic (exact) mass is 461 g/mol. The van der Waals surface area contributed by atoms with Gasteiger partial charge in [-0.3, -0.25) is 4.79 Å². The Labute approximate surface area is 196 Å². The van der Waals surface area contributed by atoms with Gasteiger partial charge in [-0.05, 0) is 58.5 Å². The maximum Gasteiger partial charge on any atom is 0.224 e. The molecule has 0 aliphatic heterocycles. The SMILES string of the molecule is Nc1ncc(-c2ccc(CNC(=O)Cc3ccc(NSCc4ccc(F)cc4)cc3)cc2)[nH]1. The third kappa shape index (κ3) is 6.60. The number of H-pyrrole nitrogens is 1. The van der Waals surface area contributed by atoms with E-state index in [0.717, 1.165) is 39.4 Å². The summed E-state index contributed by atoms with van der Waals surface area (Å²) in [6.07, 6.45) is 2.01. The van der Waals surface area contributed by atoms with Crippen LogP contribution in [-0.4, -0.2) is 15.9 Å². The van der Waals surface area contributed by atoms with Gasteiger partial charge in [-0.15, -0.1) is 0 Å². The van der Waals surface area contributed by atoms with E-state index in [1.165, 1.54) is 24.1 Å². The molecule has 3 aromatic carbocycles. The molecule has 0 aliphatic rings. The third-order valence-electron chi connectivity index (χ3n) is 5.01. The van der Waals surface area contributed by atoms with Crippen LogP contribution in [0.1, 0.15) is 16.7 Å². The van der Waals surface area contributed by atoms with Crippen LogP contribution in [0.5, 0.6) is 0 Å². The van der Waals surface area contributed by atoms with Crippen molar-refractivity contribution < 1.29 is 9.18 Å². The zero-order valence-corrected chi connectivity index (χ0v) is 18.7. The van der Waals surface area contributed by atoms with Crippen molar-refractivity contribution in [1.82, 2.24) is 15.3 Å². The van der Waals surface area contributed by atoms with Crippen LogP contribution < -0.4 is 15.8 Å². The Kier molecular flexibility index (Phi) is 7.26. The number of hydrogen-bond donors (Lipinski definition) is 4. The van der Waals surface area contributed by atoms with Crippen LogP contribution in [0.15, 0.2) is 79.0 Å². The average Bonchev–Trinajstić information content (AvgIpc) is 3.27. The zero-order valence-electron chi connectivity index (χ0n) is 17.8. The predicted molar refractivity (Wildman–Crippen MR) is 132 cm³/mol. The summed E-state index contributed by atoms with van der Waals surface area (Å²) in [6, 6.07) is 22.1. The maximum absolute atomic E-state index is 13.0. The molecule has 4 rings (SSSR count). The van der Waals surface area contributed by atoms with Crippen LogP contribution >= 0.6 is 11.9 Å². The van der Waals surface area contributed by atoms with Gasteiger partial charge in [-0.25, -0.2) is 9.37 Å². The van der Waals surface area contributed by atoms with E-state index in [0.29, 0.717) is 18.9 Å². The summed E-state index contributed by atoms with van der Waals surface area (Å²) in [5.74, 6) is 0.840. The first-order valence-corrected chi connectivity index (χ1v) is 11.4. The van der Waals surface area contributed by atoms with Crippen LogP contribution in [0.25, 0.3) is 11.3 Å². The van der Waals surface area contributed by atoms with E-state index in [1.54, 1.807) is 18.3 Å². The summed E-state index contributed by atoms with van der Waals surface area (Å²) in [5.41, 5.74) is 11.4. The lowest BCUT2D eigenvalue weighted by molar-refractivity contribution is -0.120. The lowest BCUT2D eigenvalue weighted by Crippen LogP contribution is -2.24. The molecule has 0 saturated heterocycles. The summed E-state index contributed by atoms with van der Waals surface area (Å²) in [5, 5.41) is 2.96. The zero-order chi connectivity index (χ0) is 23.0. The number of carbonyl (C=O) groups excluding carboxylic acids is 1. The number of hydrogen-bond acceptors (Lipinski definition) is 5. The normalized spacial score (nSPS) is 10.7. The van der Waals surface area contributed by atoms with Crippen molar-refractivity contribution in [3.05, 3.63) is 102 Å². The number of nitrogens with zero attached hydrogens (tertiary/aromatic N) is 1. The van der Waals surface area contributed by atoms with Gasteiger partial charge >= 0.3 is 0 Å². The highest BCUT2D eigenvalue weighted by molar-refractivity contribution is 7.99. The van der Waals surface area contributed by atoms with Crippen LogP contribution in [0, 0.1) is 5.82 Å². The van der Waals surface area contributed by atoms with E-state index < -0.39 is 0 Å². The van der Waals surface area contributed by atoms with Gasteiger partial charge in [0.25, 0.3) is 0 Å². The summed E-state index contributed by atoms with van der Waals surface area (Å²) < 4.78 is 16.2. The van der Waals surface area contributed by atoms with E-state index in [2.05, 4.69) is 20.0 Å². The number of amides is 1. The minimum atomic E-state index is -0.231. The lowest BCUT2D eigenvalue weighted by atomic mass is 10.1. The molecule has 0 saturated carbocycles. The van der Waals surface area contributed by atoms with Crippen molar-refractivity contribution in [2.24, 2.45) is 0 Å². The Hall–Kier alpha value is -3.78. The number of rotatable bonds is 9. The first kappa shape index (κ1) is 22.4. The van der Waals surface area contributed by atoms with Gasteiger partial charge in [-0.2, -0.15) is 0 Å². The second kappa shape index (κ2) is 10.7. The van der Waals surface area contributed by atoms with Gasteiger partial charge in [0, 0.05) is 18.0 Å². The molecular formula is C25H24FN5OS. The first-order valence-electron chi connectivity index (χ1n) is 10.4. The number of nitrogens with two attached hydrogens (primary N) is 1. The molecule has 0 atom stereocenters. The number of nitrogen functional groups attached to an aromatic ring is 1. The Morgan fingerprint density at radius 1 is 0.939 bits per heavy atom. The van der Waals surface area contributed by atoms with Crippen molar-refractivity contribution in [2.45, 2.75) is 18.7 Å². The molecule has 6 nitrogen and oxygen atoms in total. The number of carbonyl (C=O) groups is 1. The molecule has 5 N–H and O–H groups in total. The number of nitrogens with one attached hydrogen (secondary N) is 3. The van der Waals surface area contributed by atoms with E-state index in [9.17, 15) is 9.18 Å². The minimum Gasteiger partial charge on any atom is -0.369 e. The molecule has 1 amide bonds. The maximum atomic E-state index is 13.0. The Bertz CT molecular complexity index is 1190. The third-order valence-corrected chi connectivity index (χ3v) is 5.87. The van der Waals surface area contributed by atoms with Crippen molar-refractivity contribution >= 4 is 29.5 Å². The fourth-order valence-corrected chi connectivity index (χ4v) is 3.94. The molecule has 4 aromatic rings. The predicted octanol–water partition coefficient (Wildman–Crippen LogP) is 4.92. The van der Waals surface area contributed by atoms with E-state index in [4.69, 9.17) is 5.73 Å². The summed E-state index contributed by atoms with van der Waals surface area (Å²) in [7, 11) is 0. The molecule has 1 aromatic heterocycles. The molecule has 0 radical (unpaired) electrons. The number of aromatic nitrogens is 2. The van der Waals surface area contributed by atoms with Gasteiger partial charge < -0.3 is 20.8 Å². The molecule has 1 heterocycles. The summed E-state index contributed by atoms with van der Waals surface area (Å²) in [6.45, 7) is 0.462. The molecule has 0 unspecified atom stereocenters. The van der Waals surface area contributed by atoms with Crippen LogP contribution in [0.3, 0.4) is 0 Å². The largest absolute Gasteiger partial charge is 0.369 e. The molecule has 0 aliphatic carbocycles. The van der Waals surface area contributed by atoms with E-state index in [1.807, 2.05) is 48.5 Å². The lowest BCUT2D eigenvalue weighted by Gasteiger charge is -2.08. The minimum absolute atomic E-state index is 0.0354. The average molecular weight is 462 g/mol. The highest BCUT2D eigenvalue weighted by Crippen LogP contribution is 2.19. The van der Waals surface area contributed by atoms with Crippen LogP contribution in [-0.2, 0) is 23.5 Å². The summed E-state index contributed by atoms with van der Waals surface area (Å²) in [4.78, 5) is 19.3. The fourth-order valence-electron chi connectivity index (χ4n) is 3.21. The summed E-state index contributed by atoms with van der Waals surface area (Å²) >= 11 is 1.53. The molecule has 8 heteroatoms. The Morgan fingerprint density at radius 3 is 2.27 bits per heavy atom. The Morgan fingerprint density at radius 2 is 1.61 bits per heavy atom. The molecular weight excluding hydrogens is 437 g/mol. The van der Waals surface area contributed by atoms with Crippen molar-refractivity contribution in [2.75, 3.05) is 10.5 Å². The van der Waals surface area contributed by atoms with E-state index >= 15 is 0 Å². The molecule has 0 fully saturated rings. The number of anilines is 2. The van der Waals surface area contributed by atoms with Crippen LogP contribution in [0.2, 0.25) is 0 Å². The van der Waals surface area contributed by atoms with Gasteiger partial charge in [0.2, 0.25) is 5.91 Å². The topological polar surface area (TPSA) is 95.8 Å². The molecule has 168 valence electrons. The molecule has 0 bridgehead atoms. The number of imidazole rings is 1. The van der Waals surface area contributed by atoms with Gasteiger partial charge in [-0.1, -0.05) is 48.5 Å². The second-order valence-electron chi connectivity index (χ2n) is 7.55. The smallest absolute Gasteiger partial charge is 0.224 e. The molecule has 33 heavy (non-hydrogen) atoms. The van der Waals surface area contributed by atoms with E-state index in [-0.39, 0.29) is 11.7 Å². The highest BCUT2D eigenvalue weighted by Gasteiger charge is 2.05. The number of aromatic amines is 1. The number of benzene rings is 3. The Balaban J connectivity index is 1.20. The molecule has 0 spiro atoms. The quantitative estimate of drug-likeness (QED) is 0.266. The number of halogens is 1. The van der Waals surface area contributed by atoms with Crippen molar-refractivity contribution in [3.8, 4) is 11.3 Å². The fraction of sp³-hybridized carbons (Fsp3) is 0.120.